The van der Waals surface area contributed by atoms with Gasteiger partial charge >= 0.3 is 6.03 Å². The van der Waals surface area contributed by atoms with E-state index in [-0.39, 0.29) is 18.1 Å². The van der Waals surface area contributed by atoms with E-state index in [4.69, 9.17) is 9.15 Å². The zero-order valence-electron chi connectivity index (χ0n) is 13.7. The molecule has 1 N–H and O–H groups in total. The molecule has 2 saturated heterocycles. The van der Waals surface area contributed by atoms with Crippen molar-refractivity contribution in [2.75, 3.05) is 26.2 Å². The van der Waals surface area contributed by atoms with Crippen molar-refractivity contribution < 1.29 is 13.9 Å². The maximum Gasteiger partial charge on any atom is 0.317 e. The summed E-state index contributed by atoms with van der Waals surface area (Å²) in [5.41, 5.74) is 1.69. The molecule has 0 aliphatic carbocycles. The molecular weight excluding hydrogens is 306 g/mol. The number of para-hydroxylation sites is 2. The first-order chi connectivity index (χ1) is 11.8. The zero-order valence-corrected chi connectivity index (χ0v) is 13.7. The topological polar surface area (TPSA) is 67.6 Å². The highest BCUT2D eigenvalue weighted by atomic mass is 16.5. The van der Waals surface area contributed by atoms with Gasteiger partial charge in [0.2, 0.25) is 0 Å². The molecule has 0 radical (unpaired) electrons. The number of carbonyl (C=O) groups excluding carboxylic acids is 1. The summed E-state index contributed by atoms with van der Waals surface area (Å²) >= 11 is 0. The number of oxazole rings is 1. The van der Waals surface area contributed by atoms with Gasteiger partial charge in [-0.3, -0.25) is 0 Å². The van der Waals surface area contributed by atoms with Gasteiger partial charge in [-0.2, -0.15) is 0 Å². The first-order valence-electron chi connectivity index (χ1n) is 8.79. The number of carbonyl (C=O) groups is 1. The Labute approximate surface area is 141 Å². The minimum Gasteiger partial charge on any atom is -0.440 e. The summed E-state index contributed by atoms with van der Waals surface area (Å²) in [4.78, 5) is 18.9. The van der Waals surface area contributed by atoms with Crippen molar-refractivity contribution >= 4 is 17.1 Å². The molecule has 4 rings (SSSR count). The molecule has 2 atom stereocenters. The van der Waals surface area contributed by atoms with Gasteiger partial charge in [0.1, 0.15) is 5.52 Å². The van der Waals surface area contributed by atoms with Gasteiger partial charge in [0.25, 0.3) is 0 Å². The van der Waals surface area contributed by atoms with Crippen molar-refractivity contribution in [1.82, 2.24) is 15.2 Å². The molecule has 2 aromatic rings. The molecule has 0 spiro atoms. The van der Waals surface area contributed by atoms with Crippen LogP contribution in [-0.2, 0) is 4.74 Å². The molecule has 2 fully saturated rings. The third kappa shape index (κ3) is 3.24. The predicted molar refractivity (Wildman–Crippen MR) is 89.9 cm³/mol. The first-order valence-corrected chi connectivity index (χ1v) is 8.79. The number of aromatic nitrogens is 1. The van der Waals surface area contributed by atoms with Gasteiger partial charge < -0.3 is 19.4 Å². The maximum absolute atomic E-state index is 12.4. The summed E-state index contributed by atoms with van der Waals surface area (Å²) in [6, 6.07) is 7.78. The summed E-state index contributed by atoms with van der Waals surface area (Å²) in [6.45, 7) is 2.85. The average molecular weight is 329 g/mol. The number of hydrogen-bond acceptors (Lipinski definition) is 4. The van der Waals surface area contributed by atoms with Gasteiger partial charge in [0.05, 0.1) is 12.0 Å². The molecule has 24 heavy (non-hydrogen) atoms. The molecule has 2 amide bonds. The third-order valence-electron chi connectivity index (χ3n) is 4.87. The molecule has 2 aliphatic rings. The van der Waals surface area contributed by atoms with Crippen LogP contribution in [0.1, 0.15) is 37.5 Å². The molecule has 128 valence electrons. The summed E-state index contributed by atoms with van der Waals surface area (Å²) in [5.74, 6) is 0.910. The highest BCUT2D eigenvalue weighted by molar-refractivity contribution is 5.74. The Balaban J connectivity index is 1.38. The molecule has 1 aromatic carbocycles. The van der Waals surface area contributed by atoms with E-state index < -0.39 is 0 Å². The monoisotopic (exact) mass is 329 g/mol. The maximum atomic E-state index is 12.4. The molecule has 6 heteroatoms. The van der Waals surface area contributed by atoms with E-state index in [1.54, 1.807) is 0 Å². The van der Waals surface area contributed by atoms with Gasteiger partial charge in [0.15, 0.2) is 11.5 Å². The largest absolute Gasteiger partial charge is 0.440 e. The van der Waals surface area contributed by atoms with E-state index in [0.717, 1.165) is 55.8 Å². The van der Waals surface area contributed by atoms with E-state index in [1.165, 1.54) is 0 Å². The lowest BCUT2D eigenvalue weighted by molar-refractivity contribution is 0.107. The Morgan fingerprint density at radius 2 is 2.21 bits per heavy atom. The molecular formula is C18H23N3O3. The fraction of sp³-hybridized carbons (Fsp3) is 0.556. The van der Waals surface area contributed by atoms with Gasteiger partial charge in [0, 0.05) is 26.2 Å². The number of nitrogens with zero attached hydrogens (tertiary/aromatic N) is 2. The summed E-state index contributed by atoms with van der Waals surface area (Å²) < 4.78 is 11.4. The number of ether oxygens (including phenoxy) is 1. The van der Waals surface area contributed by atoms with Crippen LogP contribution in [0.2, 0.25) is 0 Å². The van der Waals surface area contributed by atoms with Crippen molar-refractivity contribution in [3.8, 4) is 0 Å². The second-order valence-electron chi connectivity index (χ2n) is 6.63. The van der Waals surface area contributed by atoms with Gasteiger partial charge in [-0.25, -0.2) is 9.78 Å². The first kappa shape index (κ1) is 15.4. The minimum absolute atomic E-state index is 0.00805. The Morgan fingerprint density at radius 3 is 3.04 bits per heavy atom. The van der Waals surface area contributed by atoms with Crippen LogP contribution in [0.4, 0.5) is 4.79 Å². The fourth-order valence-electron chi connectivity index (χ4n) is 3.55. The van der Waals surface area contributed by atoms with Crippen molar-refractivity contribution in [3.63, 3.8) is 0 Å². The summed E-state index contributed by atoms with van der Waals surface area (Å²) in [5, 5.41) is 3.00. The Hall–Kier alpha value is -2.08. The van der Waals surface area contributed by atoms with Crippen LogP contribution >= 0.6 is 0 Å². The molecule has 6 nitrogen and oxygen atoms in total. The van der Waals surface area contributed by atoms with E-state index in [0.29, 0.717) is 13.1 Å². The second kappa shape index (κ2) is 6.81. The van der Waals surface area contributed by atoms with Crippen molar-refractivity contribution in [2.24, 2.45) is 0 Å². The Kier molecular flexibility index (Phi) is 4.38. The fourth-order valence-corrected chi connectivity index (χ4v) is 3.55. The normalized spacial score (nSPS) is 24.4. The molecule has 2 aliphatic heterocycles. The summed E-state index contributed by atoms with van der Waals surface area (Å²) in [7, 11) is 0. The lowest BCUT2D eigenvalue weighted by atomic mass is 9.98. The molecule has 0 saturated carbocycles. The number of piperidine rings is 1. The zero-order chi connectivity index (χ0) is 16.4. The molecule has 3 heterocycles. The lowest BCUT2D eigenvalue weighted by Crippen LogP contribution is -2.46. The van der Waals surface area contributed by atoms with Gasteiger partial charge in [-0.1, -0.05) is 12.1 Å². The number of urea groups is 1. The number of fused-ring (bicyclic) bond motifs is 1. The van der Waals surface area contributed by atoms with E-state index in [9.17, 15) is 4.79 Å². The molecule has 1 aromatic heterocycles. The van der Waals surface area contributed by atoms with Crippen LogP contribution in [0.5, 0.6) is 0 Å². The van der Waals surface area contributed by atoms with Crippen LogP contribution in [0.25, 0.3) is 11.1 Å². The standard InChI is InChI=1S/C18H23N3O3/c22-18(19-11-14-6-4-10-23-14)21-9-3-5-13(12-21)17-20-15-7-1-2-8-16(15)24-17/h1-2,7-8,13-14H,3-6,9-12H2,(H,19,22)/t13-,14-/m1/s1. The average Bonchev–Trinajstić information content (AvgIpc) is 3.29. The van der Waals surface area contributed by atoms with E-state index in [1.807, 2.05) is 29.2 Å². The number of nitrogens with one attached hydrogen (secondary N) is 1. The van der Waals surface area contributed by atoms with Crippen LogP contribution < -0.4 is 5.32 Å². The quantitative estimate of drug-likeness (QED) is 0.940. The number of benzene rings is 1. The summed E-state index contributed by atoms with van der Waals surface area (Å²) in [6.07, 6.45) is 4.26. The lowest BCUT2D eigenvalue weighted by Gasteiger charge is -2.31. The molecule has 0 unspecified atom stereocenters. The van der Waals surface area contributed by atoms with Crippen LogP contribution in [0.3, 0.4) is 0 Å². The predicted octanol–water partition coefficient (Wildman–Crippen LogP) is 2.90. The van der Waals surface area contributed by atoms with E-state index in [2.05, 4.69) is 10.3 Å². The second-order valence-corrected chi connectivity index (χ2v) is 6.63. The van der Waals surface area contributed by atoms with Crippen LogP contribution in [-0.4, -0.2) is 48.3 Å². The minimum atomic E-state index is -0.00805. The van der Waals surface area contributed by atoms with Crippen molar-refractivity contribution in [1.29, 1.82) is 0 Å². The smallest absolute Gasteiger partial charge is 0.317 e. The SMILES string of the molecule is O=C(NC[C@H]1CCCO1)N1CCC[C@@H](c2nc3ccccc3o2)C1. The van der Waals surface area contributed by atoms with Crippen molar-refractivity contribution in [3.05, 3.63) is 30.2 Å². The van der Waals surface area contributed by atoms with E-state index >= 15 is 0 Å². The number of rotatable bonds is 3. The highest BCUT2D eigenvalue weighted by Crippen LogP contribution is 2.29. The van der Waals surface area contributed by atoms with Crippen LogP contribution in [0.15, 0.2) is 28.7 Å². The highest BCUT2D eigenvalue weighted by Gasteiger charge is 2.28. The Morgan fingerprint density at radius 1 is 1.29 bits per heavy atom. The van der Waals surface area contributed by atoms with Crippen LogP contribution in [0, 0.1) is 0 Å². The number of amides is 2. The molecule has 0 bridgehead atoms. The van der Waals surface area contributed by atoms with Gasteiger partial charge in [-0.15, -0.1) is 0 Å². The Bertz CT molecular complexity index is 675. The third-order valence-corrected chi connectivity index (χ3v) is 4.87. The van der Waals surface area contributed by atoms with Gasteiger partial charge in [-0.05, 0) is 37.8 Å². The number of likely N-dealkylation sites (tertiary alicyclic amines) is 1. The number of hydrogen-bond donors (Lipinski definition) is 1. The van der Waals surface area contributed by atoms with Crippen molar-refractivity contribution in [2.45, 2.75) is 37.7 Å².